The lowest BCUT2D eigenvalue weighted by Crippen LogP contribution is -2.25. The Bertz CT molecular complexity index is 861. The minimum absolute atomic E-state index is 0.0113. The van der Waals surface area contributed by atoms with Crippen molar-refractivity contribution in [2.24, 2.45) is 0 Å². The van der Waals surface area contributed by atoms with Crippen molar-refractivity contribution in [3.63, 3.8) is 0 Å². The molecule has 0 saturated carbocycles. The van der Waals surface area contributed by atoms with Gasteiger partial charge in [-0.05, 0) is 42.5 Å². The largest absolute Gasteiger partial charge is 0.478 e. The summed E-state index contributed by atoms with van der Waals surface area (Å²) in [5, 5.41) is 9.00. The molecule has 0 saturated heterocycles. The van der Waals surface area contributed by atoms with Crippen molar-refractivity contribution < 1.29 is 31.5 Å². The maximum Gasteiger partial charge on any atom is 0.416 e. The smallest absolute Gasteiger partial charge is 0.416 e. The first-order chi connectivity index (χ1) is 11.0. The zero-order valence-corrected chi connectivity index (χ0v) is 13.1. The molecule has 0 spiro atoms. The van der Waals surface area contributed by atoms with Crippen LogP contribution in [0.5, 0.6) is 0 Å². The van der Waals surface area contributed by atoms with Crippen molar-refractivity contribution in [3.8, 4) is 0 Å². The average molecular weight is 359 g/mol. The van der Waals surface area contributed by atoms with Gasteiger partial charge in [0.05, 0.1) is 28.8 Å². The number of rotatable bonds is 4. The van der Waals surface area contributed by atoms with E-state index in [1.807, 2.05) is 0 Å². The van der Waals surface area contributed by atoms with E-state index in [2.05, 4.69) is 0 Å². The molecule has 0 unspecified atom stereocenters. The van der Waals surface area contributed by atoms with E-state index < -0.39 is 27.7 Å². The first-order valence-electron chi connectivity index (χ1n) is 6.51. The Kier molecular flexibility index (Phi) is 4.57. The lowest BCUT2D eigenvalue weighted by atomic mass is 10.1. The Labute approximate surface area is 136 Å². The van der Waals surface area contributed by atoms with Crippen LogP contribution in [0.25, 0.3) is 0 Å². The summed E-state index contributed by atoms with van der Waals surface area (Å²) < 4.78 is 62.7. The highest BCUT2D eigenvalue weighted by Crippen LogP contribution is 2.33. The van der Waals surface area contributed by atoms with Gasteiger partial charge in [-0.15, -0.1) is 0 Å². The van der Waals surface area contributed by atoms with E-state index in [9.17, 15) is 26.4 Å². The normalized spacial score (nSPS) is 12.0. The van der Waals surface area contributed by atoms with E-state index >= 15 is 0 Å². The second-order valence-corrected chi connectivity index (χ2v) is 6.76. The van der Waals surface area contributed by atoms with Crippen LogP contribution in [-0.4, -0.2) is 25.7 Å². The van der Waals surface area contributed by atoms with E-state index in [4.69, 9.17) is 5.11 Å². The molecule has 0 amide bonds. The zero-order chi connectivity index (χ0) is 18.1. The summed E-state index contributed by atoms with van der Waals surface area (Å²) in [5.74, 6) is -1.25. The van der Waals surface area contributed by atoms with Gasteiger partial charge in [-0.1, -0.05) is 6.07 Å². The number of halogens is 3. The fourth-order valence-electron chi connectivity index (χ4n) is 2.08. The van der Waals surface area contributed by atoms with Crippen molar-refractivity contribution >= 4 is 27.4 Å². The van der Waals surface area contributed by atoms with Gasteiger partial charge in [0.25, 0.3) is 0 Å². The maximum atomic E-state index is 12.6. The molecule has 128 valence electrons. The lowest BCUT2D eigenvalue weighted by molar-refractivity contribution is -0.137. The molecule has 5 nitrogen and oxygen atoms in total. The molecule has 2 rings (SSSR count). The Morgan fingerprint density at radius 1 is 1.04 bits per heavy atom. The summed E-state index contributed by atoms with van der Waals surface area (Å²) in [6, 6.07) is 8.64. The second kappa shape index (κ2) is 6.16. The zero-order valence-electron chi connectivity index (χ0n) is 12.3. The van der Waals surface area contributed by atoms with Crippen molar-refractivity contribution in [3.05, 3.63) is 59.7 Å². The summed E-state index contributed by atoms with van der Waals surface area (Å²) in [7, 11) is -3.90. The summed E-state index contributed by atoms with van der Waals surface area (Å²) in [6.07, 6.45) is -3.67. The van der Waals surface area contributed by atoms with Crippen LogP contribution in [0, 0.1) is 0 Å². The molecule has 0 heterocycles. The van der Waals surface area contributed by atoms with E-state index in [0.717, 1.165) is 40.9 Å². The Hall–Kier alpha value is -2.55. The van der Waals surface area contributed by atoms with E-state index in [1.165, 1.54) is 18.2 Å². The molecule has 2 aromatic rings. The first-order valence-corrected chi connectivity index (χ1v) is 8.36. The summed E-state index contributed by atoms with van der Waals surface area (Å²) in [4.78, 5) is 11.0. The predicted octanol–water partition coefficient (Wildman–Crippen LogP) is 3.50. The number of carboxylic acids is 1. The van der Waals surface area contributed by atoms with Crippen LogP contribution in [0.2, 0.25) is 0 Å². The van der Waals surface area contributed by atoms with Crippen LogP contribution in [0.1, 0.15) is 15.9 Å². The molecule has 0 bridgehead atoms. The molecular formula is C15H12F3NO4S. The standard InChI is InChI=1S/C15H12F3NO4S/c1-24(22,23)19(13-4-2-3-10(9-13)14(20)21)12-7-5-11(6-8-12)15(16,17)18/h2-9H,1H3,(H,20,21). The molecule has 2 aromatic carbocycles. The van der Waals surface area contributed by atoms with Crippen LogP contribution in [-0.2, 0) is 16.2 Å². The van der Waals surface area contributed by atoms with Gasteiger partial charge in [0.15, 0.2) is 0 Å². The number of carboxylic acid groups (broad SMARTS) is 1. The van der Waals surface area contributed by atoms with Gasteiger partial charge in [-0.3, -0.25) is 0 Å². The van der Waals surface area contributed by atoms with Gasteiger partial charge < -0.3 is 5.11 Å². The third-order valence-corrected chi connectivity index (χ3v) is 4.17. The molecule has 1 N–H and O–H groups in total. The first kappa shape index (κ1) is 17.8. The predicted molar refractivity (Wildman–Crippen MR) is 81.8 cm³/mol. The molecule has 0 aromatic heterocycles. The highest BCUT2D eigenvalue weighted by molar-refractivity contribution is 7.92. The monoisotopic (exact) mass is 359 g/mol. The molecule has 0 radical (unpaired) electrons. The van der Waals surface area contributed by atoms with Gasteiger partial charge in [0, 0.05) is 0 Å². The molecule has 0 aliphatic carbocycles. The van der Waals surface area contributed by atoms with Gasteiger partial charge >= 0.3 is 12.1 Å². The Morgan fingerprint density at radius 3 is 2.08 bits per heavy atom. The number of carbonyl (C=O) groups is 1. The Morgan fingerprint density at radius 2 is 1.62 bits per heavy atom. The fourth-order valence-corrected chi connectivity index (χ4v) is 3.08. The molecule has 0 aliphatic rings. The second-order valence-electron chi connectivity index (χ2n) is 4.93. The third kappa shape index (κ3) is 3.85. The van der Waals surface area contributed by atoms with E-state index in [1.54, 1.807) is 0 Å². The number of nitrogens with zero attached hydrogens (tertiary/aromatic N) is 1. The topological polar surface area (TPSA) is 74.7 Å². The molecule has 0 fully saturated rings. The minimum Gasteiger partial charge on any atom is -0.478 e. The molecule has 0 atom stereocenters. The van der Waals surface area contributed by atoms with E-state index in [-0.39, 0.29) is 16.9 Å². The van der Waals surface area contributed by atoms with Crippen LogP contribution in [0.15, 0.2) is 48.5 Å². The van der Waals surface area contributed by atoms with Gasteiger partial charge in [0.1, 0.15) is 0 Å². The van der Waals surface area contributed by atoms with Gasteiger partial charge in [0.2, 0.25) is 10.0 Å². The number of benzene rings is 2. The van der Waals surface area contributed by atoms with E-state index in [0.29, 0.717) is 0 Å². The minimum atomic E-state index is -4.54. The summed E-state index contributed by atoms with van der Waals surface area (Å²) in [6.45, 7) is 0. The Balaban J connectivity index is 2.55. The van der Waals surface area contributed by atoms with Crippen LogP contribution >= 0.6 is 0 Å². The number of alkyl halides is 3. The van der Waals surface area contributed by atoms with Crippen molar-refractivity contribution in [2.45, 2.75) is 6.18 Å². The number of aromatic carboxylic acids is 1. The third-order valence-electron chi connectivity index (χ3n) is 3.09. The summed E-state index contributed by atoms with van der Waals surface area (Å²) in [5.41, 5.74) is -1.09. The lowest BCUT2D eigenvalue weighted by Gasteiger charge is -2.23. The molecule has 9 heteroatoms. The highest BCUT2D eigenvalue weighted by Gasteiger charge is 2.30. The van der Waals surface area contributed by atoms with Gasteiger partial charge in [-0.25, -0.2) is 17.5 Å². The fraction of sp³-hybridized carbons (Fsp3) is 0.133. The number of anilines is 2. The number of sulfonamides is 1. The molecular weight excluding hydrogens is 347 g/mol. The number of hydrogen-bond donors (Lipinski definition) is 1. The van der Waals surface area contributed by atoms with Crippen LogP contribution < -0.4 is 4.31 Å². The average Bonchev–Trinajstić information content (AvgIpc) is 2.46. The van der Waals surface area contributed by atoms with Crippen LogP contribution in [0.4, 0.5) is 24.5 Å². The van der Waals surface area contributed by atoms with Crippen LogP contribution in [0.3, 0.4) is 0 Å². The van der Waals surface area contributed by atoms with Crippen molar-refractivity contribution in [2.75, 3.05) is 10.6 Å². The molecule has 0 aliphatic heterocycles. The van der Waals surface area contributed by atoms with Gasteiger partial charge in [-0.2, -0.15) is 13.2 Å². The maximum absolute atomic E-state index is 12.6. The molecule has 24 heavy (non-hydrogen) atoms. The SMILES string of the molecule is CS(=O)(=O)N(c1ccc(C(F)(F)F)cc1)c1cccc(C(=O)O)c1. The van der Waals surface area contributed by atoms with Crippen molar-refractivity contribution in [1.29, 1.82) is 0 Å². The highest BCUT2D eigenvalue weighted by atomic mass is 32.2. The van der Waals surface area contributed by atoms with Crippen molar-refractivity contribution in [1.82, 2.24) is 0 Å². The number of hydrogen-bond acceptors (Lipinski definition) is 3. The quantitative estimate of drug-likeness (QED) is 0.907. The summed E-state index contributed by atoms with van der Waals surface area (Å²) >= 11 is 0.